The summed E-state index contributed by atoms with van der Waals surface area (Å²) in [6.45, 7) is 6.30. The molecule has 1 saturated heterocycles. The summed E-state index contributed by atoms with van der Waals surface area (Å²) in [4.78, 5) is 11.7. The van der Waals surface area contributed by atoms with Crippen molar-refractivity contribution in [2.24, 2.45) is 4.99 Å². The zero-order valence-corrected chi connectivity index (χ0v) is 21.0. The van der Waals surface area contributed by atoms with Gasteiger partial charge in [-0.15, -0.1) is 24.0 Å². The Bertz CT molecular complexity index is 840. The summed E-state index contributed by atoms with van der Waals surface area (Å²) in [5, 5.41) is 6.73. The van der Waals surface area contributed by atoms with E-state index in [4.69, 9.17) is 14.5 Å². The highest BCUT2D eigenvalue weighted by Crippen LogP contribution is 2.27. The van der Waals surface area contributed by atoms with E-state index < -0.39 is 0 Å². The van der Waals surface area contributed by atoms with E-state index in [9.17, 15) is 0 Å². The number of pyridine rings is 1. The molecule has 0 unspecified atom stereocenters. The molecule has 0 amide bonds. The number of nitrogens with one attached hydrogen (secondary N) is 2. The number of aliphatic imine (C=N–C) groups is 1. The van der Waals surface area contributed by atoms with E-state index in [1.165, 1.54) is 24.8 Å². The maximum absolute atomic E-state index is 5.38. The van der Waals surface area contributed by atoms with Crippen LogP contribution < -0.4 is 25.0 Å². The average molecular weight is 539 g/mol. The van der Waals surface area contributed by atoms with Crippen LogP contribution in [0.4, 0.5) is 5.82 Å². The first-order chi connectivity index (χ1) is 14.7. The van der Waals surface area contributed by atoms with Crippen molar-refractivity contribution < 1.29 is 9.47 Å². The van der Waals surface area contributed by atoms with Gasteiger partial charge in [0, 0.05) is 32.4 Å². The van der Waals surface area contributed by atoms with Gasteiger partial charge in [-0.3, -0.25) is 0 Å². The van der Waals surface area contributed by atoms with Crippen LogP contribution >= 0.6 is 24.0 Å². The summed E-state index contributed by atoms with van der Waals surface area (Å²) >= 11 is 0. The third-order valence-electron chi connectivity index (χ3n) is 5.16. The minimum Gasteiger partial charge on any atom is -0.493 e. The summed E-state index contributed by atoms with van der Waals surface area (Å²) in [5.74, 6) is 3.28. The van der Waals surface area contributed by atoms with Crippen LogP contribution in [0.2, 0.25) is 0 Å². The summed E-state index contributed by atoms with van der Waals surface area (Å²) in [6, 6.07) is 10.1. The van der Waals surface area contributed by atoms with Crippen LogP contribution in [0.15, 0.2) is 41.5 Å². The molecule has 1 fully saturated rings. The number of guanidine groups is 1. The molecule has 0 bridgehead atoms. The van der Waals surface area contributed by atoms with Gasteiger partial charge in [0.05, 0.1) is 20.8 Å². The monoisotopic (exact) mass is 539 g/mol. The fourth-order valence-corrected chi connectivity index (χ4v) is 3.54. The fourth-order valence-electron chi connectivity index (χ4n) is 3.54. The summed E-state index contributed by atoms with van der Waals surface area (Å²) in [6.07, 6.45) is 5.71. The summed E-state index contributed by atoms with van der Waals surface area (Å²) in [7, 11) is 3.28. The van der Waals surface area contributed by atoms with E-state index in [1.807, 2.05) is 24.4 Å². The SMILES string of the molecule is CCNC(=NCc1ccc(OC)c(OC)c1)NCc1ccnc(N2CCCCC2)c1.I. The van der Waals surface area contributed by atoms with Gasteiger partial charge in [0.15, 0.2) is 17.5 Å². The zero-order chi connectivity index (χ0) is 21.2. The van der Waals surface area contributed by atoms with Crippen molar-refractivity contribution in [1.29, 1.82) is 0 Å². The molecule has 31 heavy (non-hydrogen) atoms. The van der Waals surface area contributed by atoms with Gasteiger partial charge < -0.3 is 25.0 Å². The second-order valence-electron chi connectivity index (χ2n) is 7.31. The largest absolute Gasteiger partial charge is 0.493 e. The highest BCUT2D eigenvalue weighted by molar-refractivity contribution is 14.0. The first-order valence-corrected chi connectivity index (χ1v) is 10.7. The summed E-state index contributed by atoms with van der Waals surface area (Å²) < 4.78 is 10.7. The smallest absolute Gasteiger partial charge is 0.191 e. The lowest BCUT2D eigenvalue weighted by atomic mass is 10.1. The number of piperidine rings is 1. The van der Waals surface area contributed by atoms with E-state index in [2.05, 4.69) is 39.6 Å². The fraction of sp³-hybridized carbons (Fsp3) is 0.478. The number of methoxy groups -OCH3 is 2. The number of ether oxygens (including phenoxy) is 2. The molecule has 0 saturated carbocycles. The molecule has 1 aliphatic heterocycles. The Morgan fingerprint density at radius 3 is 2.48 bits per heavy atom. The Morgan fingerprint density at radius 1 is 1.00 bits per heavy atom. The molecule has 1 aliphatic rings. The second-order valence-corrected chi connectivity index (χ2v) is 7.31. The number of anilines is 1. The van der Waals surface area contributed by atoms with Crippen molar-refractivity contribution in [3.05, 3.63) is 47.7 Å². The maximum atomic E-state index is 5.38. The van der Waals surface area contributed by atoms with Gasteiger partial charge in [-0.25, -0.2) is 9.98 Å². The van der Waals surface area contributed by atoms with Gasteiger partial charge in [-0.1, -0.05) is 6.07 Å². The molecule has 1 aromatic heterocycles. The third kappa shape index (κ3) is 7.45. The van der Waals surface area contributed by atoms with Crippen LogP contribution in [0.25, 0.3) is 0 Å². The van der Waals surface area contributed by atoms with Gasteiger partial charge in [0.1, 0.15) is 5.82 Å². The number of hydrogen-bond acceptors (Lipinski definition) is 5. The zero-order valence-electron chi connectivity index (χ0n) is 18.7. The normalized spacial score (nSPS) is 13.9. The molecular weight excluding hydrogens is 505 g/mol. The van der Waals surface area contributed by atoms with Gasteiger partial charge in [-0.05, 0) is 61.6 Å². The molecule has 0 spiro atoms. The second kappa shape index (κ2) is 13.2. The number of hydrogen-bond donors (Lipinski definition) is 2. The Morgan fingerprint density at radius 2 is 1.77 bits per heavy atom. The minimum atomic E-state index is 0. The van der Waals surface area contributed by atoms with Gasteiger partial charge in [-0.2, -0.15) is 0 Å². The Balaban J connectivity index is 0.00000341. The molecule has 3 rings (SSSR count). The van der Waals surface area contributed by atoms with Crippen molar-refractivity contribution in [3.63, 3.8) is 0 Å². The average Bonchev–Trinajstić information content (AvgIpc) is 2.81. The van der Waals surface area contributed by atoms with Crippen LogP contribution in [0, 0.1) is 0 Å². The number of halogens is 1. The van der Waals surface area contributed by atoms with Crippen molar-refractivity contribution in [1.82, 2.24) is 15.6 Å². The number of aromatic nitrogens is 1. The molecule has 8 heteroatoms. The van der Waals surface area contributed by atoms with E-state index in [-0.39, 0.29) is 24.0 Å². The molecular formula is C23H34IN5O2. The van der Waals surface area contributed by atoms with E-state index in [0.29, 0.717) is 18.8 Å². The number of benzene rings is 1. The van der Waals surface area contributed by atoms with Crippen LogP contribution in [0.1, 0.15) is 37.3 Å². The first kappa shape index (κ1) is 25.0. The predicted molar refractivity (Wildman–Crippen MR) is 137 cm³/mol. The molecule has 2 heterocycles. The van der Waals surface area contributed by atoms with Gasteiger partial charge in [0.25, 0.3) is 0 Å². The topological polar surface area (TPSA) is 71.0 Å². The maximum Gasteiger partial charge on any atom is 0.191 e. The van der Waals surface area contributed by atoms with Crippen LogP contribution in [0.5, 0.6) is 11.5 Å². The predicted octanol–water partition coefficient (Wildman–Crippen LogP) is 3.96. The number of rotatable bonds is 8. The van der Waals surface area contributed by atoms with Gasteiger partial charge >= 0.3 is 0 Å². The molecule has 2 aromatic rings. The summed E-state index contributed by atoms with van der Waals surface area (Å²) in [5.41, 5.74) is 2.25. The lowest BCUT2D eigenvalue weighted by Gasteiger charge is -2.28. The number of nitrogens with zero attached hydrogens (tertiary/aromatic N) is 3. The minimum absolute atomic E-state index is 0. The molecule has 0 aliphatic carbocycles. The lowest BCUT2D eigenvalue weighted by Crippen LogP contribution is -2.37. The van der Waals surface area contributed by atoms with Crippen molar-refractivity contribution in [2.75, 3.05) is 38.8 Å². The van der Waals surface area contributed by atoms with Crippen LogP contribution in [-0.4, -0.2) is 44.8 Å². The van der Waals surface area contributed by atoms with Crippen molar-refractivity contribution in [2.45, 2.75) is 39.3 Å². The Labute approximate surface area is 202 Å². The lowest BCUT2D eigenvalue weighted by molar-refractivity contribution is 0.354. The Kier molecular flexibility index (Phi) is 10.7. The van der Waals surface area contributed by atoms with Crippen LogP contribution in [-0.2, 0) is 13.1 Å². The quantitative estimate of drug-likeness (QED) is 0.301. The van der Waals surface area contributed by atoms with Crippen molar-refractivity contribution in [3.8, 4) is 11.5 Å². The Hall–Kier alpha value is -2.23. The molecule has 0 radical (unpaired) electrons. The van der Waals surface area contributed by atoms with Crippen molar-refractivity contribution >= 4 is 35.8 Å². The third-order valence-corrected chi connectivity index (χ3v) is 5.16. The molecule has 170 valence electrons. The molecule has 1 aromatic carbocycles. The van der Waals surface area contributed by atoms with E-state index in [0.717, 1.165) is 42.7 Å². The van der Waals surface area contributed by atoms with E-state index in [1.54, 1.807) is 14.2 Å². The highest BCUT2D eigenvalue weighted by Gasteiger charge is 2.12. The first-order valence-electron chi connectivity index (χ1n) is 10.7. The van der Waals surface area contributed by atoms with Crippen LogP contribution in [0.3, 0.4) is 0 Å². The molecule has 0 atom stereocenters. The molecule has 2 N–H and O–H groups in total. The van der Waals surface area contributed by atoms with E-state index >= 15 is 0 Å². The standard InChI is InChI=1S/C23H33N5O2.HI/c1-4-24-23(26-16-18-8-9-20(29-2)21(14-18)30-3)27-17-19-10-11-25-22(15-19)28-12-6-5-7-13-28;/h8-11,14-15H,4-7,12-13,16-17H2,1-3H3,(H2,24,26,27);1H. The highest BCUT2D eigenvalue weighted by atomic mass is 127. The molecule has 7 nitrogen and oxygen atoms in total. The van der Waals surface area contributed by atoms with Gasteiger partial charge in [0.2, 0.25) is 0 Å².